The first-order valence-electron chi connectivity index (χ1n) is 9.92. The molecule has 1 N–H and O–H groups in total. The van der Waals surface area contributed by atoms with E-state index < -0.39 is 31.5 Å². The van der Waals surface area contributed by atoms with E-state index in [1.54, 1.807) is 20.8 Å². The van der Waals surface area contributed by atoms with Crippen LogP contribution in [-0.4, -0.2) is 45.2 Å². The van der Waals surface area contributed by atoms with Crippen molar-refractivity contribution in [2.24, 2.45) is 0 Å². The Morgan fingerprint density at radius 1 is 0.963 bits per heavy atom. The number of amides is 1. The molecule has 0 aromatic heterocycles. The second-order valence-corrected chi connectivity index (χ2v) is 14.6. The largest absolute Gasteiger partial charge is 0.467 e. The number of hydrogen-bond donors (Lipinski definition) is 1. The van der Waals surface area contributed by atoms with Crippen molar-refractivity contribution in [3.05, 3.63) is 0 Å². The number of esters is 1. The van der Waals surface area contributed by atoms with Crippen LogP contribution in [0.3, 0.4) is 0 Å². The fourth-order valence-corrected chi connectivity index (χ4v) is 9.42. The summed E-state index contributed by atoms with van der Waals surface area (Å²) >= 11 is 0. The SMILES string of the molecule is CC[C@@](CO[Si](C(C)C)(C(C)C)C(C)C)(NC(=O)OC(C)(C)C)C(=O)OC. The molecule has 160 valence electrons. The fraction of sp³-hybridized carbons (Fsp3) is 0.900. The number of carbonyl (C=O) groups excluding carboxylic acids is 2. The van der Waals surface area contributed by atoms with Crippen molar-refractivity contribution in [1.29, 1.82) is 0 Å². The van der Waals surface area contributed by atoms with Crippen LogP contribution in [0.2, 0.25) is 16.6 Å². The Morgan fingerprint density at radius 2 is 1.41 bits per heavy atom. The van der Waals surface area contributed by atoms with Crippen LogP contribution in [0.4, 0.5) is 4.79 Å². The molecule has 7 heteroatoms. The van der Waals surface area contributed by atoms with Gasteiger partial charge in [-0.15, -0.1) is 0 Å². The molecule has 0 aromatic carbocycles. The van der Waals surface area contributed by atoms with E-state index in [4.69, 9.17) is 13.9 Å². The molecule has 27 heavy (non-hydrogen) atoms. The summed E-state index contributed by atoms with van der Waals surface area (Å²) < 4.78 is 17.0. The van der Waals surface area contributed by atoms with E-state index in [0.29, 0.717) is 23.0 Å². The van der Waals surface area contributed by atoms with Crippen LogP contribution >= 0.6 is 0 Å². The van der Waals surface area contributed by atoms with Crippen LogP contribution in [0.25, 0.3) is 0 Å². The molecule has 0 rings (SSSR count). The summed E-state index contributed by atoms with van der Waals surface area (Å²) in [5.41, 5.74) is -0.829. The third-order valence-corrected chi connectivity index (χ3v) is 11.3. The fourth-order valence-electron chi connectivity index (χ4n) is 3.92. The molecule has 0 saturated carbocycles. The number of ether oxygens (including phenoxy) is 2. The lowest BCUT2D eigenvalue weighted by Crippen LogP contribution is -2.61. The molecule has 0 saturated heterocycles. The zero-order valence-electron chi connectivity index (χ0n) is 19.2. The lowest BCUT2D eigenvalue weighted by Gasteiger charge is -2.44. The van der Waals surface area contributed by atoms with Crippen LogP contribution in [0.1, 0.15) is 75.7 Å². The number of rotatable bonds is 9. The summed E-state index contributed by atoms with van der Waals surface area (Å²) in [5.74, 6) is -0.518. The smallest absolute Gasteiger partial charge is 0.408 e. The van der Waals surface area contributed by atoms with Gasteiger partial charge in [-0.05, 0) is 43.8 Å². The van der Waals surface area contributed by atoms with Gasteiger partial charge in [0.05, 0.1) is 13.7 Å². The topological polar surface area (TPSA) is 73.9 Å². The Hall–Kier alpha value is -1.08. The minimum Gasteiger partial charge on any atom is -0.467 e. The highest BCUT2D eigenvalue weighted by atomic mass is 28.4. The number of methoxy groups -OCH3 is 1. The molecule has 0 aliphatic rings. The molecular weight excluding hydrogens is 362 g/mol. The van der Waals surface area contributed by atoms with Gasteiger partial charge in [-0.3, -0.25) is 0 Å². The van der Waals surface area contributed by atoms with Crippen molar-refractivity contribution in [3.8, 4) is 0 Å². The van der Waals surface area contributed by atoms with Crippen molar-refractivity contribution in [2.75, 3.05) is 13.7 Å². The van der Waals surface area contributed by atoms with Gasteiger partial charge in [-0.2, -0.15) is 0 Å². The lowest BCUT2D eigenvalue weighted by atomic mass is 9.98. The van der Waals surface area contributed by atoms with E-state index in [-0.39, 0.29) is 6.61 Å². The lowest BCUT2D eigenvalue weighted by molar-refractivity contribution is -0.150. The van der Waals surface area contributed by atoms with Crippen molar-refractivity contribution >= 4 is 20.4 Å². The average molecular weight is 404 g/mol. The molecule has 1 amide bonds. The number of alkyl carbamates (subject to hydrolysis) is 1. The first-order valence-corrected chi connectivity index (χ1v) is 12.1. The molecule has 0 unspecified atom stereocenters. The number of carbonyl (C=O) groups is 2. The first kappa shape index (κ1) is 25.9. The van der Waals surface area contributed by atoms with Gasteiger partial charge in [0.15, 0.2) is 13.9 Å². The minimum atomic E-state index is -2.21. The van der Waals surface area contributed by atoms with E-state index in [2.05, 4.69) is 46.9 Å². The second-order valence-electron chi connectivity index (χ2n) is 9.16. The average Bonchev–Trinajstić information content (AvgIpc) is 2.50. The van der Waals surface area contributed by atoms with Crippen LogP contribution in [-0.2, 0) is 18.7 Å². The monoisotopic (exact) mass is 403 g/mol. The normalized spacial score (nSPS) is 15.0. The third kappa shape index (κ3) is 6.49. The molecule has 0 heterocycles. The Bertz CT molecular complexity index is 477. The molecule has 6 nitrogen and oxygen atoms in total. The maximum atomic E-state index is 12.6. The van der Waals surface area contributed by atoms with Crippen LogP contribution < -0.4 is 5.32 Å². The van der Waals surface area contributed by atoms with Crippen molar-refractivity contribution < 1.29 is 23.5 Å². The molecule has 0 aromatic rings. The Morgan fingerprint density at radius 3 is 1.70 bits per heavy atom. The van der Waals surface area contributed by atoms with Crippen molar-refractivity contribution in [3.63, 3.8) is 0 Å². The molecule has 0 fully saturated rings. The van der Waals surface area contributed by atoms with E-state index in [0.717, 1.165) is 0 Å². The quantitative estimate of drug-likeness (QED) is 0.432. The molecule has 0 aliphatic heterocycles. The predicted octanol–water partition coefficient (Wildman–Crippen LogP) is 5.03. The Balaban J connectivity index is 5.78. The highest BCUT2D eigenvalue weighted by molar-refractivity contribution is 6.77. The Labute approximate surface area is 166 Å². The molecule has 0 bridgehead atoms. The van der Waals surface area contributed by atoms with Crippen LogP contribution in [0, 0.1) is 0 Å². The first-order chi connectivity index (χ1) is 12.2. The molecule has 1 atom stereocenters. The molecule has 0 spiro atoms. The van der Waals surface area contributed by atoms with E-state index in [1.807, 2.05) is 6.92 Å². The van der Waals surface area contributed by atoms with Gasteiger partial charge >= 0.3 is 12.1 Å². The van der Waals surface area contributed by atoms with Gasteiger partial charge in [-0.25, -0.2) is 9.59 Å². The summed E-state index contributed by atoms with van der Waals surface area (Å²) in [5, 5.41) is 2.74. The van der Waals surface area contributed by atoms with Gasteiger partial charge in [-0.1, -0.05) is 48.5 Å². The van der Waals surface area contributed by atoms with Gasteiger partial charge in [0, 0.05) is 0 Å². The zero-order chi connectivity index (χ0) is 21.6. The van der Waals surface area contributed by atoms with E-state index in [9.17, 15) is 9.59 Å². The van der Waals surface area contributed by atoms with Crippen molar-refractivity contribution in [2.45, 2.75) is 103 Å². The molecule has 0 aliphatic carbocycles. The summed E-state index contributed by atoms with van der Waals surface area (Å²) in [4.78, 5) is 25.0. The maximum Gasteiger partial charge on any atom is 0.408 e. The van der Waals surface area contributed by atoms with Gasteiger partial charge in [0.2, 0.25) is 0 Å². The van der Waals surface area contributed by atoms with Gasteiger partial charge in [0.1, 0.15) is 5.60 Å². The standard InChI is InChI=1S/C20H41NO5Si/c1-12-20(17(22)24-11,21-18(23)26-19(8,9)10)13-25-27(14(2)3,15(4)5)16(6)7/h14-16H,12-13H2,1-11H3,(H,21,23)/t20-/m0/s1. The van der Waals surface area contributed by atoms with E-state index in [1.165, 1.54) is 7.11 Å². The minimum absolute atomic E-state index is 0.0795. The number of nitrogens with one attached hydrogen (secondary N) is 1. The summed E-state index contributed by atoms with van der Waals surface area (Å²) in [6.07, 6.45) is -0.304. The Kier molecular flexibility index (Phi) is 9.52. The highest BCUT2D eigenvalue weighted by Crippen LogP contribution is 2.42. The summed E-state index contributed by atoms with van der Waals surface area (Å²) in [6, 6.07) is 0. The van der Waals surface area contributed by atoms with Crippen LogP contribution in [0.15, 0.2) is 0 Å². The third-order valence-electron chi connectivity index (χ3n) is 5.20. The van der Waals surface area contributed by atoms with Gasteiger partial charge in [0.25, 0.3) is 0 Å². The summed E-state index contributed by atoms with van der Waals surface area (Å²) in [7, 11) is -0.889. The van der Waals surface area contributed by atoms with E-state index >= 15 is 0 Å². The van der Waals surface area contributed by atoms with Crippen molar-refractivity contribution in [1.82, 2.24) is 5.32 Å². The predicted molar refractivity (Wildman–Crippen MR) is 111 cm³/mol. The molecule has 0 radical (unpaired) electrons. The zero-order valence-corrected chi connectivity index (χ0v) is 20.2. The number of hydrogen-bond acceptors (Lipinski definition) is 5. The molecular formula is C20H41NO5Si. The van der Waals surface area contributed by atoms with Crippen LogP contribution in [0.5, 0.6) is 0 Å². The maximum absolute atomic E-state index is 12.6. The summed E-state index contributed by atoms with van der Waals surface area (Å²) in [6.45, 7) is 20.3. The van der Waals surface area contributed by atoms with Gasteiger partial charge < -0.3 is 19.2 Å². The second kappa shape index (κ2) is 9.91. The highest BCUT2D eigenvalue weighted by Gasteiger charge is 2.49.